The molecule has 0 radical (unpaired) electrons. The molecule has 0 bridgehead atoms. The second-order valence-corrected chi connectivity index (χ2v) is 6.87. The molecule has 0 fully saturated rings. The molecule has 9 heteroatoms. The van der Waals surface area contributed by atoms with Crippen LogP contribution in [0.25, 0.3) is 22.2 Å². The molecular formula is C19H17N5O3S. The molecule has 0 aliphatic heterocycles. The summed E-state index contributed by atoms with van der Waals surface area (Å²) >= 11 is 1.34. The molecule has 1 aromatic carbocycles. The fourth-order valence-electron chi connectivity index (χ4n) is 2.52. The predicted octanol–water partition coefficient (Wildman–Crippen LogP) is 3.61. The summed E-state index contributed by atoms with van der Waals surface area (Å²) in [6.07, 6.45) is 0.574. The average Bonchev–Trinajstić information content (AvgIpc) is 3.46. The quantitative estimate of drug-likeness (QED) is 0.348. The molecule has 4 aromatic rings. The summed E-state index contributed by atoms with van der Waals surface area (Å²) in [6.45, 7) is 2.61. The van der Waals surface area contributed by atoms with Crippen LogP contribution in [-0.2, 0) is 11.3 Å². The third kappa shape index (κ3) is 4.15. The first-order valence-electron chi connectivity index (χ1n) is 8.72. The Kier molecular flexibility index (Phi) is 5.24. The number of furan rings is 1. The minimum absolute atomic E-state index is 0.244. The van der Waals surface area contributed by atoms with E-state index in [9.17, 15) is 4.79 Å². The molecular weight excluding hydrogens is 378 g/mol. The van der Waals surface area contributed by atoms with Crippen molar-refractivity contribution in [2.75, 3.05) is 6.61 Å². The van der Waals surface area contributed by atoms with Gasteiger partial charge in [-0.3, -0.25) is 0 Å². The molecule has 8 nitrogen and oxygen atoms in total. The third-order valence-electron chi connectivity index (χ3n) is 3.88. The van der Waals surface area contributed by atoms with Gasteiger partial charge in [0.15, 0.2) is 16.5 Å². The van der Waals surface area contributed by atoms with Gasteiger partial charge in [0.25, 0.3) is 0 Å². The lowest BCUT2D eigenvalue weighted by Gasteiger charge is -2.02. The van der Waals surface area contributed by atoms with Gasteiger partial charge in [0, 0.05) is 17.4 Å². The van der Waals surface area contributed by atoms with Gasteiger partial charge >= 0.3 is 5.97 Å². The monoisotopic (exact) mass is 395 g/mol. The van der Waals surface area contributed by atoms with Crippen molar-refractivity contribution in [3.63, 3.8) is 0 Å². The minimum atomic E-state index is -0.456. The molecule has 0 aliphatic rings. The Morgan fingerprint density at radius 3 is 2.86 bits per heavy atom. The van der Waals surface area contributed by atoms with Crippen LogP contribution in [0.3, 0.4) is 0 Å². The molecule has 0 saturated heterocycles. The summed E-state index contributed by atoms with van der Waals surface area (Å²) in [7, 11) is 0. The highest BCUT2D eigenvalue weighted by Gasteiger charge is 2.15. The van der Waals surface area contributed by atoms with Gasteiger partial charge in [-0.2, -0.15) is 4.80 Å². The smallest absolute Gasteiger partial charge is 0.357 e. The first-order chi connectivity index (χ1) is 13.7. The van der Waals surface area contributed by atoms with E-state index in [1.165, 1.54) is 16.1 Å². The molecule has 142 valence electrons. The largest absolute Gasteiger partial charge is 0.461 e. The van der Waals surface area contributed by atoms with Gasteiger partial charge in [0.1, 0.15) is 5.76 Å². The van der Waals surface area contributed by atoms with Crippen LogP contribution in [0.1, 0.15) is 22.7 Å². The lowest BCUT2D eigenvalue weighted by molar-refractivity contribution is 0.0487. The summed E-state index contributed by atoms with van der Waals surface area (Å²) in [5.41, 5.74) is 1.19. The highest BCUT2D eigenvalue weighted by molar-refractivity contribution is 7.13. The number of benzene rings is 1. The van der Waals surface area contributed by atoms with Crippen LogP contribution in [0.2, 0.25) is 0 Å². The van der Waals surface area contributed by atoms with Gasteiger partial charge in [-0.1, -0.05) is 30.3 Å². The van der Waals surface area contributed by atoms with E-state index < -0.39 is 5.97 Å². The Morgan fingerprint density at radius 2 is 2.07 bits per heavy atom. The number of ether oxygens (including phenoxy) is 1. The van der Waals surface area contributed by atoms with E-state index in [1.807, 2.05) is 49.4 Å². The van der Waals surface area contributed by atoms with Crippen molar-refractivity contribution < 1.29 is 13.9 Å². The minimum Gasteiger partial charge on any atom is -0.461 e. The zero-order chi connectivity index (χ0) is 19.3. The normalized spacial score (nSPS) is 10.9. The van der Waals surface area contributed by atoms with E-state index in [4.69, 9.17) is 9.15 Å². The molecule has 0 atom stereocenters. The van der Waals surface area contributed by atoms with Crippen molar-refractivity contribution in [1.29, 1.82) is 0 Å². The Morgan fingerprint density at radius 1 is 1.21 bits per heavy atom. The zero-order valence-corrected chi connectivity index (χ0v) is 15.9. The molecule has 3 aromatic heterocycles. The number of aromatic nitrogens is 5. The van der Waals surface area contributed by atoms with E-state index in [0.717, 1.165) is 11.3 Å². The number of tetrazole rings is 1. The lowest BCUT2D eigenvalue weighted by atomic mass is 10.2. The van der Waals surface area contributed by atoms with Crippen molar-refractivity contribution >= 4 is 17.3 Å². The highest BCUT2D eigenvalue weighted by Crippen LogP contribution is 2.25. The number of esters is 1. The number of carbonyl (C=O) groups excluding carboxylic acids is 1. The Hall–Kier alpha value is -3.33. The van der Waals surface area contributed by atoms with Crippen LogP contribution < -0.4 is 0 Å². The molecule has 0 spiro atoms. The summed E-state index contributed by atoms with van der Waals surface area (Å²) in [6, 6.07) is 13.3. The van der Waals surface area contributed by atoms with Crippen LogP contribution in [0.15, 0.2) is 52.3 Å². The molecule has 0 saturated carbocycles. The van der Waals surface area contributed by atoms with Gasteiger partial charge in [0.2, 0.25) is 5.82 Å². The topological polar surface area (TPSA) is 95.9 Å². The number of nitrogens with zero attached hydrogens (tertiary/aromatic N) is 5. The second kappa shape index (κ2) is 8.13. The van der Waals surface area contributed by atoms with Crippen molar-refractivity contribution in [2.45, 2.75) is 19.9 Å². The predicted molar refractivity (Wildman–Crippen MR) is 103 cm³/mol. The van der Waals surface area contributed by atoms with E-state index in [1.54, 1.807) is 5.38 Å². The van der Waals surface area contributed by atoms with Crippen LogP contribution in [0.4, 0.5) is 0 Å². The maximum atomic E-state index is 12.1. The van der Waals surface area contributed by atoms with E-state index in [-0.39, 0.29) is 12.3 Å². The molecule has 0 unspecified atom stereocenters. The zero-order valence-electron chi connectivity index (χ0n) is 15.1. The van der Waals surface area contributed by atoms with Gasteiger partial charge < -0.3 is 9.15 Å². The second-order valence-electron chi connectivity index (χ2n) is 6.01. The number of carbonyl (C=O) groups is 1. The van der Waals surface area contributed by atoms with E-state index >= 15 is 0 Å². The highest BCUT2D eigenvalue weighted by atomic mass is 32.1. The van der Waals surface area contributed by atoms with Crippen LogP contribution in [0, 0.1) is 6.92 Å². The van der Waals surface area contributed by atoms with Crippen LogP contribution >= 0.6 is 11.3 Å². The number of aryl methyl sites for hydroxylation is 2. The maximum Gasteiger partial charge on any atom is 0.357 e. The molecule has 4 rings (SSSR count). The van der Waals surface area contributed by atoms with Crippen LogP contribution in [-0.4, -0.2) is 37.8 Å². The number of rotatable bonds is 7. The van der Waals surface area contributed by atoms with Crippen molar-refractivity contribution in [3.8, 4) is 22.2 Å². The number of hydrogen-bond donors (Lipinski definition) is 0. The summed E-state index contributed by atoms with van der Waals surface area (Å²) in [4.78, 5) is 17.9. The summed E-state index contributed by atoms with van der Waals surface area (Å²) < 4.78 is 10.8. The number of thiazole rings is 1. The van der Waals surface area contributed by atoms with Gasteiger partial charge in [0.05, 0.1) is 13.2 Å². The first-order valence-corrected chi connectivity index (χ1v) is 9.60. The van der Waals surface area contributed by atoms with Crippen LogP contribution in [0.5, 0.6) is 0 Å². The first kappa shape index (κ1) is 18.1. The lowest BCUT2D eigenvalue weighted by Crippen LogP contribution is -2.10. The Labute approximate surface area is 164 Å². The van der Waals surface area contributed by atoms with Crippen molar-refractivity contribution in [1.82, 2.24) is 25.2 Å². The summed E-state index contributed by atoms with van der Waals surface area (Å²) in [5, 5.41) is 14.7. The van der Waals surface area contributed by atoms with Crippen molar-refractivity contribution in [3.05, 3.63) is 59.3 Å². The van der Waals surface area contributed by atoms with Crippen molar-refractivity contribution in [2.24, 2.45) is 0 Å². The maximum absolute atomic E-state index is 12.1. The molecule has 28 heavy (non-hydrogen) atoms. The average molecular weight is 395 g/mol. The van der Waals surface area contributed by atoms with E-state index in [0.29, 0.717) is 29.6 Å². The van der Waals surface area contributed by atoms with Gasteiger partial charge in [-0.15, -0.1) is 21.5 Å². The van der Waals surface area contributed by atoms with Gasteiger partial charge in [-0.25, -0.2) is 9.78 Å². The van der Waals surface area contributed by atoms with Gasteiger partial charge in [-0.05, 0) is 24.3 Å². The number of hydrogen-bond acceptors (Lipinski definition) is 8. The Balaban J connectivity index is 1.26. The third-order valence-corrected chi connectivity index (χ3v) is 4.74. The molecule has 0 amide bonds. The Bertz CT molecular complexity index is 1070. The standard InChI is InChI=1S/C19H17N5O3S/c1-13-8-9-16(27-13)18-20-15(12-28-18)19(25)26-11-5-10-24-22-17(21-23-24)14-6-3-2-4-7-14/h2-4,6-9,12H,5,10-11H2,1H3. The molecule has 3 heterocycles. The van der Waals surface area contributed by atoms with E-state index in [2.05, 4.69) is 20.4 Å². The SMILES string of the molecule is Cc1ccc(-c2nc(C(=O)OCCCn3nnc(-c4ccccc4)n3)cs2)o1. The summed E-state index contributed by atoms with van der Waals surface area (Å²) in [5.74, 6) is 1.56. The fourth-order valence-corrected chi connectivity index (χ4v) is 3.26. The fraction of sp³-hybridized carbons (Fsp3) is 0.211. The molecule has 0 aliphatic carbocycles. The molecule has 0 N–H and O–H groups in total.